The summed E-state index contributed by atoms with van der Waals surface area (Å²) in [5.74, 6) is 1.95. The average molecular weight is 464 g/mol. The van der Waals surface area contributed by atoms with Crippen molar-refractivity contribution in [3.63, 3.8) is 0 Å². The lowest BCUT2D eigenvalue weighted by Crippen LogP contribution is -2.34. The van der Waals surface area contributed by atoms with Gasteiger partial charge in [-0.1, -0.05) is 12.1 Å². The van der Waals surface area contributed by atoms with Gasteiger partial charge in [-0.3, -0.25) is 0 Å². The van der Waals surface area contributed by atoms with E-state index in [2.05, 4.69) is 24.8 Å². The number of nitrogens with one attached hydrogen (secondary N) is 1. The Kier molecular flexibility index (Phi) is 5.81. The summed E-state index contributed by atoms with van der Waals surface area (Å²) in [6.07, 6.45) is 2.29. The van der Waals surface area contributed by atoms with E-state index >= 15 is 0 Å². The Hall–Kier alpha value is -3.14. The molecule has 11 heteroatoms. The molecule has 0 atom stereocenters. The van der Waals surface area contributed by atoms with E-state index in [0.29, 0.717) is 16.9 Å². The number of piperidine rings is 1. The monoisotopic (exact) mass is 463 g/mol. The maximum Gasteiger partial charge on any atom is 0.416 e. The molecule has 1 fully saturated rings. The molecule has 0 saturated carbocycles. The van der Waals surface area contributed by atoms with Crippen molar-refractivity contribution in [2.45, 2.75) is 24.9 Å². The van der Waals surface area contributed by atoms with Crippen LogP contribution in [-0.4, -0.2) is 42.6 Å². The van der Waals surface area contributed by atoms with E-state index in [1.165, 1.54) is 12.4 Å². The molecule has 1 aliphatic heterocycles. The number of aromatic amines is 1. The number of rotatable bonds is 3. The molecule has 1 aliphatic rings. The molecule has 0 aliphatic carbocycles. The Morgan fingerprint density at radius 1 is 1.09 bits per heavy atom. The largest absolute Gasteiger partial charge is 0.416 e. The fourth-order valence-corrected chi connectivity index (χ4v) is 4.20. The average Bonchev–Trinajstić information content (AvgIpc) is 3.40. The third-order valence-corrected chi connectivity index (χ3v) is 5.76. The first-order chi connectivity index (χ1) is 14.9. The van der Waals surface area contributed by atoms with Crippen molar-refractivity contribution in [3.05, 3.63) is 54.5 Å². The van der Waals surface area contributed by atoms with Crippen molar-refractivity contribution < 1.29 is 13.2 Å². The van der Waals surface area contributed by atoms with Crippen molar-refractivity contribution in [2.75, 3.05) is 18.0 Å². The van der Waals surface area contributed by atoms with E-state index in [9.17, 15) is 13.2 Å². The van der Waals surface area contributed by atoms with Crippen LogP contribution in [0.2, 0.25) is 0 Å². The Balaban J connectivity index is 0.00000245. The Labute approximate surface area is 188 Å². The molecule has 5 rings (SSSR count). The summed E-state index contributed by atoms with van der Waals surface area (Å²) in [6, 6.07) is 5.31. The number of hydrogen-bond acceptors (Lipinski definition) is 5. The lowest BCUT2D eigenvalue weighted by atomic mass is 9.96. The van der Waals surface area contributed by atoms with Gasteiger partial charge in [0.05, 0.1) is 17.6 Å². The number of H-pyrrole nitrogens is 1. The van der Waals surface area contributed by atoms with Gasteiger partial charge in [0.25, 0.3) is 0 Å². The van der Waals surface area contributed by atoms with E-state index in [-0.39, 0.29) is 18.3 Å². The fourth-order valence-electron chi connectivity index (χ4n) is 4.20. The number of halogens is 4. The lowest BCUT2D eigenvalue weighted by Gasteiger charge is -2.32. The molecule has 7 nitrogen and oxygen atoms in total. The molecule has 168 valence electrons. The zero-order valence-corrected chi connectivity index (χ0v) is 18.0. The molecule has 4 aromatic rings. The van der Waals surface area contributed by atoms with Gasteiger partial charge in [0, 0.05) is 37.8 Å². The zero-order valence-electron chi connectivity index (χ0n) is 17.2. The molecule has 32 heavy (non-hydrogen) atoms. The van der Waals surface area contributed by atoms with Crippen LogP contribution in [0.5, 0.6) is 0 Å². The van der Waals surface area contributed by atoms with E-state index < -0.39 is 11.7 Å². The lowest BCUT2D eigenvalue weighted by molar-refractivity contribution is -0.137. The molecular formula is C21H21ClF3N7. The van der Waals surface area contributed by atoms with Crippen LogP contribution >= 0.6 is 12.4 Å². The minimum atomic E-state index is -4.37. The summed E-state index contributed by atoms with van der Waals surface area (Å²) >= 11 is 0. The summed E-state index contributed by atoms with van der Waals surface area (Å²) in [7, 11) is 1.89. The summed E-state index contributed by atoms with van der Waals surface area (Å²) in [5, 5.41) is 0. The highest BCUT2D eigenvalue weighted by molar-refractivity contribution is 5.85. The van der Waals surface area contributed by atoms with Gasteiger partial charge >= 0.3 is 6.18 Å². The first kappa shape index (κ1) is 22.1. The van der Waals surface area contributed by atoms with Crippen LogP contribution in [-0.2, 0) is 13.2 Å². The van der Waals surface area contributed by atoms with Gasteiger partial charge in [-0.15, -0.1) is 12.4 Å². The van der Waals surface area contributed by atoms with E-state index in [1.54, 1.807) is 18.6 Å². The highest BCUT2D eigenvalue weighted by Crippen LogP contribution is 2.34. The third-order valence-electron chi connectivity index (χ3n) is 5.76. The number of imidazole rings is 2. The summed E-state index contributed by atoms with van der Waals surface area (Å²) in [4.78, 5) is 22.8. The number of aryl methyl sites for hydroxylation is 1. The number of fused-ring (bicyclic) bond motifs is 1. The standard InChI is InChI=1S/C21H20F3N7.ClH/c1-30-10-16(14-3-2-4-15(9-14)21(22,23)24)29-19(30)13-5-7-31(8-6-13)20-17-18(26-11-25-17)27-12-28-20;/h2-4,9-13H,5-8H2,1H3,(H,25,26,27,28);1H. The zero-order chi connectivity index (χ0) is 21.6. The van der Waals surface area contributed by atoms with Crippen molar-refractivity contribution >= 4 is 29.4 Å². The second kappa shape index (κ2) is 8.42. The number of aromatic nitrogens is 6. The molecule has 1 saturated heterocycles. The number of anilines is 1. The fraction of sp³-hybridized carbons (Fsp3) is 0.333. The van der Waals surface area contributed by atoms with Crippen LogP contribution in [0, 0.1) is 0 Å². The first-order valence-electron chi connectivity index (χ1n) is 10.00. The normalized spacial score (nSPS) is 15.2. The SMILES string of the molecule is Cl.Cn1cc(-c2cccc(C(F)(F)F)c2)nc1C1CCN(c2ncnc3nc[nH]c23)CC1. The topological polar surface area (TPSA) is 75.5 Å². The number of alkyl halides is 3. The molecule has 1 aromatic carbocycles. The minimum absolute atomic E-state index is 0. The minimum Gasteiger partial charge on any atom is -0.355 e. The van der Waals surface area contributed by atoms with Crippen LogP contribution in [0.25, 0.3) is 22.4 Å². The van der Waals surface area contributed by atoms with E-state index in [4.69, 9.17) is 4.98 Å². The van der Waals surface area contributed by atoms with Crippen LogP contribution < -0.4 is 4.90 Å². The predicted octanol–water partition coefficient (Wildman–Crippen LogP) is 4.58. The first-order valence-corrected chi connectivity index (χ1v) is 10.00. The van der Waals surface area contributed by atoms with Crippen molar-refractivity contribution in [3.8, 4) is 11.3 Å². The van der Waals surface area contributed by atoms with Gasteiger partial charge < -0.3 is 14.5 Å². The van der Waals surface area contributed by atoms with Crippen molar-refractivity contribution in [1.29, 1.82) is 0 Å². The highest BCUT2D eigenvalue weighted by Gasteiger charge is 2.31. The molecule has 0 spiro atoms. The van der Waals surface area contributed by atoms with Gasteiger partial charge in [0.2, 0.25) is 0 Å². The van der Waals surface area contributed by atoms with E-state index in [0.717, 1.165) is 55.2 Å². The summed E-state index contributed by atoms with van der Waals surface area (Å²) in [5.41, 5.74) is 1.82. The van der Waals surface area contributed by atoms with Crippen molar-refractivity contribution in [1.82, 2.24) is 29.5 Å². The Morgan fingerprint density at radius 3 is 2.62 bits per heavy atom. The second-order valence-corrected chi connectivity index (χ2v) is 7.73. The molecule has 4 heterocycles. The maximum absolute atomic E-state index is 13.1. The van der Waals surface area contributed by atoms with Crippen LogP contribution in [0.15, 0.2) is 43.1 Å². The number of hydrogen-bond donors (Lipinski definition) is 1. The number of benzene rings is 1. The number of nitrogens with zero attached hydrogens (tertiary/aromatic N) is 6. The molecular weight excluding hydrogens is 443 g/mol. The second-order valence-electron chi connectivity index (χ2n) is 7.73. The molecule has 0 radical (unpaired) electrons. The molecule has 1 N–H and O–H groups in total. The highest BCUT2D eigenvalue weighted by atomic mass is 35.5. The predicted molar refractivity (Wildman–Crippen MR) is 117 cm³/mol. The molecule has 0 amide bonds. The quantitative estimate of drug-likeness (QED) is 0.481. The van der Waals surface area contributed by atoms with Gasteiger partial charge in [0.1, 0.15) is 17.7 Å². The smallest absolute Gasteiger partial charge is 0.355 e. The molecule has 0 unspecified atom stereocenters. The molecule has 0 bridgehead atoms. The van der Waals surface area contributed by atoms with Crippen molar-refractivity contribution in [2.24, 2.45) is 7.05 Å². The maximum atomic E-state index is 13.1. The van der Waals surface area contributed by atoms with Crippen LogP contribution in [0.4, 0.5) is 19.0 Å². The third kappa shape index (κ3) is 4.02. The van der Waals surface area contributed by atoms with Crippen LogP contribution in [0.3, 0.4) is 0 Å². The summed E-state index contributed by atoms with van der Waals surface area (Å²) < 4.78 is 41.1. The Bertz CT molecular complexity index is 1230. The molecule has 3 aromatic heterocycles. The van der Waals surface area contributed by atoms with Gasteiger partial charge in [-0.2, -0.15) is 13.2 Å². The van der Waals surface area contributed by atoms with Gasteiger partial charge in [-0.25, -0.2) is 19.9 Å². The van der Waals surface area contributed by atoms with E-state index in [1.807, 2.05) is 11.6 Å². The van der Waals surface area contributed by atoms with Gasteiger partial charge in [-0.05, 0) is 25.0 Å². The summed E-state index contributed by atoms with van der Waals surface area (Å²) in [6.45, 7) is 1.59. The van der Waals surface area contributed by atoms with Gasteiger partial charge in [0.15, 0.2) is 11.5 Å². The van der Waals surface area contributed by atoms with Crippen LogP contribution in [0.1, 0.15) is 30.1 Å². The Morgan fingerprint density at radius 2 is 1.88 bits per heavy atom.